The average Bonchev–Trinajstić information content (AvgIpc) is 2.71. The number of nitrogens with zero attached hydrogens (tertiary/aromatic N) is 1. The van der Waals surface area contributed by atoms with E-state index in [1.165, 1.54) is 0 Å². The zero-order chi connectivity index (χ0) is 22.4. The van der Waals surface area contributed by atoms with Crippen molar-refractivity contribution in [3.05, 3.63) is 72.3 Å². The summed E-state index contributed by atoms with van der Waals surface area (Å²) in [5, 5.41) is 11.5. The molecule has 0 aliphatic rings. The number of pyridine rings is 1. The van der Waals surface area contributed by atoms with Gasteiger partial charge in [-0.25, -0.2) is 9.78 Å². The topological polar surface area (TPSA) is 59.4 Å². The summed E-state index contributed by atoms with van der Waals surface area (Å²) >= 11 is 0. The lowest BCUT2D eigenvalue weighted by molar-refractivity contribution is 0.0701. The molecule has 1 heterocycles. The fraction of sp³-hybridized carbons (Fsp3) is 0.231. The minimum Gasteiger partial charge on any atom is -0.544 e. The standard InChI is InChI=1S/C26H27NO3Si/c1-26(2,3)31(4,5)30-18-15-13-17(14-16-18)19-10-8-12-22-23(19)24(25(28)29)20-9-6-7-11-21(20)27-22/h6-16H,1-5H3,(H,28,29). The largest absolute Gasteiger partial charge is 0.544 e. The van der Waals surface area contributed by atoms with E-state index in [4.69, 9.17) is 9.41 Å². The van der Waals surface area contributed by atoms with Gasteiger partial charge in [-0.05, 0) is 53.5 Å². The summed E-state index contributed by atoms with van der Waals surface area (Å²) in [6.07, 6.45) is 0. The Hall–Kier alpha value is -3.18. The maximum absolute atomic E-state index is 12.3. The van der Waals surface area contributed by atoms with Crippen LogP contribution in [0.25, 0.3) is 32.9 Å². The van der Waals surface area contributed by atoms with Crippen molar-refractivity contribution in [3.8, 4) is 16.9 Å². The Morgan fingerprint density at radius 3 is 2.19 bits per heavy atom. The number of hydrogen-bond acceptors (Lipinski definition) is 3. The summed E-state index contributed by atoms with van der Waals surface area (Å²) in [7, 11) is -1.93. The number of carboxylic acid groups (broad SMARTS) is 1. The molecule has 0 fully saturated rings. The molecule has 158 valence electrons. The summed E-state index contributed by atoms with van der Waals surface area (Å²) in [6.45, 7) is 11.1. The molecule has 0 saturated carbocycles. The first-order valence-corrected chi connectivity index (χ1v) is 13.3. The molecule has 4 nitrogen and oxygen atoms in total. The second-order valence-electron chi connectivity index (χ2n) is 9.40. The Balaban J connectivity index is 1.85. The van der Waals surface area contributed by atoms with Gasteiger partial charge in [0.05, 0.1) is 16.6 Å². The summed E-state index contributed by atoms with van der Waals surface area (Å²) in [4.78, 5) is 17.0. The van der Waals surface area contributed by atoms with Crippen LogP contribution in [-0.4, -0.2) is 24.4 Å². The smallest absolute Gasteiger partial charge is 0.337 e. The number of carboxylic acids is 1. The summed E-state index contributed by atoms with van der Waals surface area (Å²) in [6, 6.07) is 21.1. The molecular formula is C26H27NO3Si. The Labute approximate surface area is 183 Å². The van der Waals surface area contributed by atoms with Gasteiger partial charge >= 0.3 is 5.97 Å². The molecular weight excluding hydrogens is 402 g/mol. The number of carbonyl (C=O) groups is 1. The molecule has 5 heteroatoms. The summed E-state index contributed by atoms with van der Waals surface area (Å²) in [5.74, 6) is -0.105. The first kappa shape index (κ1) is 21.1. The number of para-hydroxylation sites is 1. The number of aromatic carboxylic acids is 1. The quantitative estimate of drug-likeness (QED) is 0.277. The number of benzene rings is 3. The predicted octanol–water partition coefficient (Wildman–Crippen LogP) is 7.14. The van der Waals surface area contributed by atoms with E-state index in [1.807, 2.05) is 66.7 Å². The third kappa shape index (κ3) is 3.81. The van der Waals surface area contributed by atoms with Crippen LogP contribution in [-0.2, 0) is 0 Å². The minimum absolute atomic E-state index is 0.115. The minimum atomic E-state index is -1.93. The average molecular weight is 430 g/mol. The van der Waals surface area contributed by atoms with E-state index in [1.54, 1.807) is 0 Å². The lowest BCUT2D eigenvalue weighted by atomic mass is 9.94. The summed E-state index contributed by atoms with van der Waals surface area (Å²) in [5.41, 5.74) is 3.44. The Morgan fingerprint density at radius 2 is 1.55 bits per heavy atom. The third-order valence-electron chi connectivity index (χ3n) is 6.27. The van der Waals surface area contributed by atoms with Gasteiger partial charge in [-0.3, -0.25) is 0 Å². The van der Waals surface area contributed by atoms with Gasteiger partial charge in [0.2, 0.25) is 8.32 Å². The molecule has 3 aromatic carbocycles. The molecule has 0 aliphatic heterocycles. The van der Waals surface area contributed by atoms with Crippen LogP contribution in [0.15, 0.2) is 66.7 Å². The highest BCUT2D eigenvalue weighted by Gasteiger charge is 2.38. The van der Waals surface area contributed by atoms with Crippen LogP contribution in [0.4, 0.5) is 0 Å². The highest BCUT2D eigenvalue weighted by Crippen LogP contribution is 2.39. The number of fused-ring (bicyclic) bond motifs is 2. The molecule has 0 radical (unpaired) electrons. The maximum atomic E-state index is 12.3. The SMILES string of the molecule is CC(C)(C)[Si](C)(C)Oc1ccc(-c2cccc3nc4ccccc4c(C(=O)O)c23)cc1. The third-order valence-corrected chi connectivity index (χ3v) is 10.6. The van der Waals surface area contributed by atoms with E-state index in [0.29, 0.717) is 21.8 Å². The van der Waals surface area contributed by atoms with Crippen molar-refractivity contribution >= 4 is 36.1 Å². The van der Waals surface area contributed by atoms with Crippen molar-refractivity contribution in [1.29, 1.82) is 0 Å². The molecule has 4 aromatic rings. The first-order chi connectivity index (χ1) is 14.6. The van der Waals surface area contributed by atoms with Gasteiger partial charge in [-0.15, -0.1) is 0 Å². The van der Waals surface area contributed by atoms with Crippen molar-refractivity contribution in [1.82, 2.24) is 4.98 Å². The van der Waals surface area contributed by atoms with Gasteiger partial charge in [0.15, 0.2) is 0 Å². The summed E-state index contributed by atoms with van der Waals surface area (Å²) < 4.78 is 6.40. The van der Waals surface area contributed by atoms with Crippen molar-refractivity contribution < 1.29 is 14.3 Å². The Bertz CT molecular complexity index is 1290. The molecule has 0 saturated heterocycles. The van der Waals surface area contributed by atoms with E-state index >= 15 is 0 Å². The Kier molecular flexibility index (Phi) is 5.10. The van der Waals surface area contributed by atoms with Crippen LogP contribution < -0.4 is 4.43 Å². The van der Waals surface area contributed by atoms with Crippen LogP contribution in [0.2, 0.25) is 18.1 Å². The molecule has 0 aliphatic carbocycles. The van der Waals surface area contributed by atoms with Gasteiger partial charge in [0.25, 0.3) is 0 Å². The van der Waals surface area contributed by atoms with Crippen molar-refractivity contribution in [3.63, 3.8) is 0 Å². The lowest BCUT2D eigenvalue weighted by Gasteiger charge is -2.36. The molecule has 0 spiro atoms. The number of rotatable bonds is 4. The van der Waals surface area contributed by atoms with Crippen LogP contribution in [0, 0.1) is 0 Å². The monoisotopic (exact) mass is 429 g/mol. The molecule has 0 unspecified atom stereocenters. The highest BCUT2D eigenvalue weighted by molar-refractivity contribution is 6.74. The van der Waals surface area contributed by atoms with E-state index in [9.17, 15) is 9.90 Å². The lowest BCUT2D eigenvalue weighted by Crippen LogP contribution is -2.43. The highest BCUT2D eigenvalue weighted by atomic mass is 28.4. The molecule has 4 rings (SSSR count). The molecule has 1 N–H and O–H groups in total. The van der Waals surface area contributed by atoms with Gasteiger partial charge < -0.3 is 9.53 Å². The van der Waals surface area contributed by atoms with Crippen LogP contribution >= 0.6 is 0 Å². The molecule has 1 aromatic heterocycles. The van der Waals surface area contributed by atoms with Gasteiger partial charge in [0, 0.05) is 10.8 Å². The van der Waals surface area contributed by atoms with Crippen LogP contribution in [0.5, 0.6) is 5.75 Å². The molecule has 0 bridgehead atoms. The van der Waals surface area contributed by atoms with Gasteiger partial charge in [-0.1, -0.05) is 63.2 Å². The van der Waals surface area contributed by atoms with Gasteiger partial charge in [-0.2, -0.15) is 0 Å². The fourth-order valence-electron chi connectivity index (χ4n) is 3.56. The van der Waals surface area contributed by atoms with Crippen LogP contribution in [0.3, 0.4) is 0 Å². The Morgan fingerprint density at radius 1 is 0.903 bits per heavy atom. The molecule has 31 heavy (non-hydrogen) atoms. The number of hydrogen-bond donors (Lipinski definition) is 1. The van der Waals surface area contributed by atoms with Crippen molar-refractivity contribution in [2.24, 2.45) is 0 Å². The van der Waals surface area contributed by atoms with E-state index in [-0.39, 0.29) is 10.6 Å². The second-order valence-corrected chi connectivity index (χ2v) is 14.1. The normalized spacial score (nSPS) is 12.3. The molecule has 0 atom stereocenters. The number of aromatic nitrogens is 1. The zero-order valence-electron chi connectivity index (χ0n) is 18.6. The van der Waals surface area contributed by atoms with Crippen molar-refractivity contribution in [2.45, 2.75) is 38.9 Å². The fourth-order valence-corrected chi connectivity index (χ4v) is 4.59. The maximum Gasteiger partial charge on any atom is 0.337 e. The second kappa shape index (κ2) is 7.50. The predicted molar refractivity (Wildman–Crippen MR) is 129 cm³/mol. The first-order valence-electron chi connectivity index (χ1n) is 10.4. The van der Waals surface area contributed by atoms with Crippen LogP contribution in [0.1, 0.15) is 31.1 Å². The zero-order valence-corrected chi connectivity index (χ0v) is 19.6. The van der Waals surface area contributed by atoms with E-state index in [2.05, 4.69) is 33.9 Å². The molecule has 0 amide bonds. The van der Waals surface area contributed by atoms with E-state index < -0.39 is 14.3 Å². The van der Waals surface area contributed by atoms with Crippen molar-refractivity contribution in [2.75, 3.05) is 0 Å². The van der Waals surface area contributed by atoms with E-state index in [0.717, 1.165) is 16.9 Å². The van der Waals surface area contributed by atoms with Gasteiger partial charge in [0.1, 0.15) is 5.75 Å².